The molecule has 3 rings (SSSR count). The molecule has 0 unspecified atom stereocenters. The Labute approximate surface area is 143 Å². The van der Waals surface area contributed by atoms with Crippen LogP contribution in [0.1, 0.15) is 33.2 Å². The van der Waals surface area contributed by atoms with E-state index in [4.69, 9.17) is 4.74 Å². The van der Waals surface area contributed by atoms with E-state index < -0.39 is 0 Å². The second-order valence-electron chi connectivity index (χ2n) is 5.66. The number of rotatable bonds is 7. The number of nitrogens with one attached hydrogen (secondary N) is 2. The highest BCUT2D eigenvalue weighted by atomic mass is 32.1. The van der Waals surface area contributed by atoms with E-state index in [9.17, 15) is 9.59 Å². The minimum absolute atomic E-state index is 0.0129. The summed E-state index contributed by atoms with van der Waals surface area (Å²) in [7, 11) is 0. The third-order valence-electron chi connectivity index (χ3n) is 3.37. The van der Waals surface area contributed by atoms with Crippen LogP contribution in [0.3, 0.4) is 0 Å². The van der Waals surface area contributed by atoms with E-state index in [0.29, 0.717) is 16.7 Å². The van der Waals surface area contributed by atoms with Crippen LogP contribution in [0.5, 0.6) is 0 Å². The molecule has 126 valence electrons. The normalized spacial score (nSPS) is 13.5. The molecule has 1 aliphatic carbocycles. The summed E-state index contributed by atoms with van der Waals surface area (Å²) in [4.78, 5) is 23.6. The van der Waals surface area contributed by atoms with Crippen molar-refractivity contribution in [3.63, 3.8) is 0 Å². The Morgan fingerprint density at radius 2 is 2.00 bits per heavy atom. The number of aryl methyl sites for hydroxylation is 1. The van der Waals surface area contributed by atoms with E-state index in [0.717, 1.165) is 29.7 Å². The summed E-state index contributed by atoms with van der Waals surface area (Å²) < 4.78 is 5.30. The molecule has 0 radical (unpaired) electrons. The van der Waals surface area contributed by atoms with Gasteiger partial charge in [-0.15, -0.1) is 10.2 Å². The maximum Gasteiger partial charge on any atom is 0.286 e. The Kier molecular flexibility index (Phi) is 5.17. The highest BCUT2D eigenvalue weighted by molar-refractivity contribution is 7.13. The van der Waals surface area contributed by atoms with Crippen molar-refractivity contribution in [2.24, 2.45) is 0 Å². The lowest BCUT2D eigenvalue weighted by atomic mass is 10.2. The zero-order valence-corrected chi connectivity index (χ0v) is 14.1. The zero-order chi connectivity index (χ0) is 16.9. The molecule has 0 aliphatic heterocycles. The number of carbonyl (C=O) groups is 2. The number of ether oxygens (including phenoxy) is 1. The maximum absolute atomic E-state index is 12.1. The minimum Gasteiger partial charge on any atom is -0.364 e. The van der Waals surface area contributed by atoms with Crippen molar-refractivity contribution in [2.75, 3.05) is 11.9 Å². The third kappa shape index (κ3) is 4.84. The van der Waals surface area contributed by atoms with E-state index in [1.165, 1.54) is 0 Å². The zero-order valence-electron chi connectivity index (χ0n) is 13.2. The fourth-order valence-electron chi connectivity index (χ4n) is 1.95. The molecule has 1 fully saturated rings. The molecular formula is C16H18N4O3S. The van der Waals surface area contributed by atoms with Gasteiger partial charge in [0.05, 0.1) is 0 Å². The molecule has 0 spiro atoms. The van der Waals surface area contributed by atoms with Crippen LogP contribution in [0.15, 0.2) is 24.3 Å². The summed E-state index contributed by atoms with van der Waals surface area (Å²) >= 11 is 1.15. The Bertz CT molecular complexity index is 725. The van der Waals surface area contributed by atoms with E-state index in [1.807, 2.05) is 31.2 Å². The van der Waals surface area contributed by atoms with Gasteiger partial charge in [0.2, 0.25) is 10.9 Å². The van der Waals surface area contributed by atoms with Crippen LogP contribution >= 0.6 is 11.3 Å². The molecule has 7 nitrogen and oxygen atoms in total. The Morgan fingerprint density at radius 3 is 2.71 bits per heavy atom. The van der Waals surface area contributed by atoms with Gasteiger partial charge in [0.25, 0.3) is 5.91 Å². The number of amides is 2. The number of carbonyl (C=O) groups excluding carboxylic acids is 2. The van der Waals surface area contributed by atoms with E-state index in [1.54, 1.807) is 0 Å². The largest absolute Gasteiger partial charge is 0.364 e. The standard InChI is InChI=1S/C16H18N4O3S/c1-10-2-4-12(5-3-10)18-15(22)16-20-19-14(24-16)9-23-8-13(21)17-11-6-7-11/h2-5,11H,6-9H2,1H3,(H,17,21)(H,18,22). The van der Waals surface area contributed by atoms with Crippen LogP contribution in [0.2, 0.25) is 0 Å². The number of hydrogen-bond acceptors (Lipinski definition) is 6. The van der Waals surface area contributed by atoms with E-state index >= 15 is 0 Å². The predicted molar refractivity (Wildman–Crippen MR) is 89.9 cm³/mol. The van der Waals surface area contributed by atoms with Crippen LogP contribution in [-0.2, 0) is 16.1 Å². The quantitative estimate of drug-likeness (QED) is 0.799. The molecule has 1 aromatic heterocycles. The molecule has 2 amide bonds. The smallest absolute Gasteiger partial charge is 0.286 e. The highest BCUT2D eigenvalue weighted by Crippen LogP contribution is 2.18. The second-order valence-corrected chi connectivity index (χ2v) is 6.72. The number of benzene rings is 1. The van der Waals surface area contributed by atoms with Gasteiger partial charge < -0.3 is 15.4 Å². The first-order valence-corrected chi connectivity index (χ1v) is 8.49. The molecule has 1 aliphatic rings. The van der Waals surface area contributed by atoms with Crippen LogP contribution in [0.4, 0.5) is 5.69 Å². The van der Waals surface area contributed by atoms with Crippen LogP contribution in [-0.4, -0.2) is 34.7 Å². The summed E-state index contributed by atoms with van der Waals surface area (Å²) in [5.41, 5.74) is 1.82. The lowest BCUT2D eigenvalue weighted by Gasteiger charge is -2.03. The summed E-state index contributed by atoms with van der Waals surface area (Å²) in [6, 6.07) is 7.82. The number of hydrogen-bond donors (Lipinski definition) is 2. The number of aromatic nitrogens is 2. The monoisotopic (exact) mass is 346 g/mol. The first kappa shape index (κ1) is 16.5. The molecule has 1 heterocycles. The van der Waals surface area contributed by atoms with Gasteiger partial charge >= 0.3 is 0 Å². The molecule has 2 N–H and O–H groups in total. The molecule has 0 bridgehead atoms. The first-order chi connectivity index (χ1) is 11.6. The fraction of sp³-hybridized carbons (Fsp3) is 0.375. The number of anilines is 1. The third-order valence-corrected chi connectivity index (χ3v) is 4.27. The van der Waals surface area contributed by atoms with Crippen molar-refractivity contribution in [3.8, 4) is 0 Å². The summed E-state index contributed by atoms with van der Waals surface area (Å²) in [6.07, 6.45) is 2.09. The Morgan fingerprint density at radius 1 is 1.25 bits per heavy atom. The molecular weight excluding hydrogens is 328 g/mol. The Balaban J connectivity index is 1.46. The van der Waals surface area contributed by atoms with Crippen molar-refractivity contribution in [2.45, 2.75) is 32.4 Å². The SMILES string of the molecule is Cc1ccc(NC(=O)c2nnc(COCC(=O)NC3CC3)s2)cc1. The van der Waals surface area contributed by atoms with Gasteiger partial charge in [-0.05, 0) is 31.9 Å². The minimum atomic E-state index is -0.311. The van der Waals surface area contributed by atoms with Gasteiger partial charge in [-0.2, -0.15) is 0 Å². The summed E-state index contributed by atoms with van der Waals surface area (Å²) in [5.74, 6) is -0.437. The predicted octanol–water partition coefficient (Wildman–Crippen LogP) is 1.89. The van der Waals surface area contributed by atoms with Crippen molar-refractivity contribution < 1.29 is 14.3 Å². The van der Waals surface area contributed by atoms with Gasteiger partial charge in [-0.1, -0.05) is 29.0 Å². The molecule has 0 saturated heterocycles. The molecule has 8 heteroatoms. The van der Waals surface area contributed by atoms with Gasteiger partial charge in [-0.3, -0.25) is 9.59 Å². The molecule has 1 aromatic carbocycles. The van der Waals surface area contributed by atoms with Crippen LogP contribution in [0.25, 0.3) is 0 Å². The van der Waals surface area contributed by atoms with Gasteiger partial charge in [0, 0.05) is 11.7 Å². The molecule has 24 heavy (non-hydrogen) atoms. The van der Waals surface area contributed by atoms with Gasteiger partial charge in [0.1, 0.15) is 18.2 Å². The lowest BCUT2D eigenvalue weighted by Crippen LogP contribution is -2.29. The first-order valence-electron chi connectivity index (χ1n) is 7.67. The molecule has 1 saturated carbocycles. The average molecular weight is 346 g/mol. The number of nitrogens with zero attached hydrogens (tertiary/aromatic N) is 2. The summed E-state index contributed by atoms with van der Waals surface area (Å²) in [5, 5.41) is 14.2. The van der Waals surface area contributed by atoms with E-state index in [-0.39, 0.29) is 30.0 Å². The highest BCUT2D eigenvalue weighted by Gasteiger charge is 2.23. The van der Waals surface area contributed by atoms with Crippen LogP contribution in [0, 0.1) is 6.92 Å². The Hall–Kier alpha value is -2.32. The van der Waals surface area contributed by atoms with Crippen LogP contribution < -0.4 is 10.6 Å². The topological polar surface area (TPSA) is 93.2 Å². The summed E-state index contributed by atoms with van der Waals surface area (Å²) in [6.45, 7) is 2.13. The van der Waals surface area contributed by atoms with E-state index in [2.05, 4.69) is 20.8 Å². The van der Waals surface area contributed by atoms with Crippen molar-refractivity contribution in [1.29, 1.82) is 0 Å². The van der Waals surface area contributed by atoms with Crippen molar-refractivity contribution in [1.82, 2.24) is 15.5 Å². The maximum atomic E-state index is 12.1. The van der Waals surface area contributed by atoms with Crippen molar-refractivity contribution in [3.05, 3.63) is 39.8 Å². The van der Waals surface area contributed by atoms with Gasteiger partial charge in [-0.25, -0.2) is 0 Å². The average Bonchev–Trinajstić information content (AvgIpc) is 3.23. The van der Waals surface area contributed by atoms with Crippen molar-refractivity contribution >= 4 is 28.8 Å². The second kappa shape index (κ2) is 7.50. The fourth-order valence-corrected chi connectivity index (χ4v) is 2.63. The molecule has 0 atom stereocenters. The van der Waals surface area contributed by atoms with Gasteiger partial charge in [0.15, 0.2) is 0 Å². The molecule has 2 aromatic rings. The lowest BCUT2D eigenvalue weighted by molar-refractivity contribution is -0.126.